The lowest BCUT2D eigenvalue weighted by Crippen LogP contribution is -2.25. The van der Waals surface area contributed by atoms with Crippen LogP contribution in [-0.4, -0.2) is 41.2 Å². The average Bonchev–Trinajstić information content (AvgIpc) is 2.75. The second-order valence-corrected chi connectivity index (χ2v) is 8.27. The molecular formula is C24H32ClFN2O3. The monoisotopic (exact) mass is 450 g/mol. The number of carbonyl (C=O) groups is 1. The first-order valence-electron chi connectivity index (χ1n) is 10.7. The van der Waals surface area contributed by atoms with E-state index in [2.05, 4.69) is 16.8 Å². The van der Waals surface area contributed by atoms with E-state index in [9.17, 15) is 14.3 Å². The minimum absolute atomic E-state index is 0.275. The van der Waals surface area contributed by atoms with Crippen molar-refractivity contribution in [2.75, 3.05) is 20.2 Å². The summed E-state index contributed by atoms with van der Waals surface area (Å²) in [6.07, 6.45) is 3.93. The molecular weight excluding hydrogens is 419 g/mol. The number of methoxy groups -OCH3 is 1. The van der Waals surface area contributed by atoms with Gasteiger partial charge >= 0.3 is 5.97 Å². The number of ether oxygens (including phenoxy) is 1. The van der Waals surface area contributed by atoms with Crippen LogP contribution < -0.4 is 0 Å². The Morgan fingerprint density at radius 3 is 2.65 bits per heavy atom. The molecule has 1 aromatic heterocycles. The average molecular weight is 451 g/mol. The maximum Gasteiger partial charge on any atom is 0.306 e. The Morgan fingerprint density at radius 2 is 2.06 bits per heavy atom. The minimum atomic E-state index is -0.821. The largest absolute Gasteiger partial charge is 0.481 e. The number of halogens is 2. The van der Waals surface area contributed by atoms with Gasteiger partial charge in [-0.1, -0.05) is 37.1 Å². The smallest absolute Gasteiger partial charge is 0.306 e. The summed E-state index contributed by atoms with van der Waals surface area (Å²) in [7, 11) is 1.56. The Hall–Kier alpha value is -2.02. The Labute approximate surface area is 189 Å². The first-order chi connectivity index (χ1) is 14.8. The molecule has 0 bridgehead atoms. The number of rotatable bonds is 13. The molecule has 1 heterocycles. The van der Waals surface area contributed by atoms with Crippen LogP contribution in [0.2, 0.25) is 5.02 Å². The highest BCUT2D eigenvalue weighted by atomic mass is 35.5. The highest BCUT2D eigenvalue weighted by molar-refractivity contribution is 6.30. The maximum atomic E-state index is 13.6. The van der Waals surface area contributed by atoms with Crippen LogP contribution in [0.15, 0.2) is 36.5 Å². The van der Waals surface area contributed by atoms with E-state index in [0.29, 0.717) is 23.4 Å². The fourth-order valence-corrected chi connectivity index (χ4v) is 3.75. The van der Waals surface area contributed by atoms with Crippen molar-refractivity contribution in [1.29, 1.82) is 0 Å². The van der Waals surface area contributed by atoms with Gasteiger partial charge in [-0.05, 0) is 68.6 Å². The summed E-state index contributed by atoms with van der Waals surface area (Å²) in [5.41, 5.74) is 2.30. The van der Waals surface area contributed by atoms with E-state index in [0.717, 1.165) is 43.7 Å². The summed E-state index contributed by atoms with van der Waals surface area (Å²) >= 11 is 5.89. The Balaban J connectivity index is 1.85. The van der Waals surface area contributed by atoms with Crippen molar-refractivity contribution in [1.82, 2.24) is 9.88 Å². The third-order valence-corrected chi connectivity index (χ3v) is 5.81. The van der Waals surface area contributed by atoms with E-state index >= 15 is 0 Å². The second-order valence-electron chi connectivity index (χ2n) is 7.84. The van der Waals surface area contributed by atoms with Gasteiger partial charge in [0.05, 0.1) is 22.7 Å². The number of pyridine rings is 1. The number of carboxylic acid groups (broad SMARTS) is 1. The molecule has 0 aliphatic heterocycles. The minimum Gasteiger partial charge on any atom is -0.481 e. The summed E-state index contributed by atoms with van der Waals surface area (Å²) in [6.45, 7) is 6.30. The second kappa shape index (κ2) is 12.7. The van der Waals surface area contributed by atoms with Crippen molar-refractivity contribution < 1.29 is 19.0 Å². The molecule has 0 spiro atoms. The third-order valence-electron chi connectivity index (χ3n) is 5.58. The normalized spacial score (nSPS) is 13.4. The molecule has 5 nitrogen and oxygen atoms in total. The first-order valence-corrected chi connectivity index (χ1v) is 11.1. The molecule has 0 saturated carbocycles. The molecule has 1 N–H and O–H groups in total. The zero-order valence-corrected chi connectivity index (χ0v) is 19.2. The highest BCUT2D eigenvalue weighted by Gasteiger charge is 2.24. The molecule has 0 radical (unpaired) electrons. The molecule has 2 aromatic rings. The first kappa shape index (κ1) is 25.2. The highest BCUT2D eigenvalue weighted by Crippen LogP contribution is 2.28. The number of aryl methyl sites for hydroxylation is 1. The zero-order valence-electron chi connectivity index (χ0n) is 18.5. The number of hydrogen-bond donors (Lipinski definition) is 1. The van der Waals surface area contributed by atoms with Crippen molar-refractivity contribution in [2.24, 2.45) is 5.92 Å². The molecule has 1 aromatic carbocycles. The molecule has 0 amide bonds. The van der Waals surface area contributed by atoms with Gasteiger partial charge in [0.2, 0.25) is 0 Å². The molecule has 2 rings (SSSR count). The van der Waals surface area contributed by atoms with Crippen LogP contribution in [-0.2, 0) is 16.1 Å². The maximum absolute atomic E-state index is 13.6. The lowest BCUT2D eigenvalue weighted by molar-refractivity contribution is -0.143. The number of benzene rings is 1. The lowest BCUT2D eigenvalue weighted by Gasteiger charge is -2.22. The van der Waals surface area contributed by atoms with Gasteiger partial charge < -0.3 is 9.84 Å². The van der Waals surface area contributed by atoms with Gasteiger partial charge in [0.15, 0.2) is 0 Å². The summed E-state index contributed by atoms with van der Waals surface area (Å²) in [5, 5.41) is 10.3. The SMILES string of the molecule is CCN(CCCC[C@@H](C[C@@H](OC)c1ccc(F)c(C)c1)C(=O)O)Cc1ccc(Cl)cn1. The van der Waals surface area contributed by atoms with Crippen molar-refractivity contribution in [3.8, 4) is 0 Å². The van der Waals surface area contributed by atoms with E-state index in [1.165, 1.54) is 6.07 Å². The Morgan fingerprint density at radius 1 is 1.29 bits per heavy atom. The molecule has 7 heteroatoms. The molecule has 0 unspecified atom stereocenters. The van der Waals surface area contributed by atoms with Crippen LogP contribution >= 0.6 is 11.6 Å². The van der Waals surface area contributed by atoms with E-state index in [-0.39, 0.29) is 11.9 Å². The molecule has 0 aliphatic rings. The van der Waals surface area contributed by atoms with Crippen molar-refractivity contribution in [3.63, 3.8) is 0 Å². The number of aromatic nitrogens is 1. The van der Waals surface area contributed by atoms with E-state index in [1.807, 2.05) is 12.1 Å². The van der Waals surface area contributed by atoms with Crippen LogP contribution in [0, 0.1) is 18.7 Å². The van der Waals surface area contributed by atoms with Gasteiger partial charge in [-0.3, -0.25) is 14.7 Å². The summed E-state index contributed by atoms with van der Waals surface area (Å²) in [4.78, 5) is 18.4. The number of hydrogen-bond acceptors (Lipinski definition) is 4. The van der Waals surface area contributed by atoms with Gasteiger partial charge in [-0.2, -0.15) is 0 Å². The number of nitrogens with zero attached hydrogens (tertiary/aromatic N) is 2. The fraction of sp³-hybridized carbons (Fsp3) is 0.500. The van der Waals surface area contributed by atoms with E-state index in [4.69, 9.17) is 16.3 Å². The van der Waals surface area contributed by atoms with Crippen LogP contribution in [0.1, 0.15) is 55.5 Å². The number of carboxylic acids is 1. The van der Waals surface area contributed by atoms with Gasteiger partial charge in [0, 0.05) is 19.9 Å². The van der Waals surface area contributed by atoms with Gasteiger partial charge in [0.25, 0.3) is 0 Å². The van der Waals surface area contributed by atoms with Crippen molar-refractivity contribution >= 4 is 17.6 Å². The Bertz CT molecular complexity index is 832. The van der Waals surface area contributed by atoms with Gasteiger partial charge in [-0.15, -0.1) is 0 Å². The fourth-order valence-electron chi connectivity index (χ4n) is 3.64. The molecule has 170 valence electrons. The van der Waals surface area contributed by atoms with Crippen LogP contribution in [0.5, 0.6) is 0 Å². The number of aliphatic carboxylic acids is 1. The predicted molar refractivity (Wildman–Crippen MR) is 121 cm³/mol. The van der Waals surface area contributed by atoms with Crippen molar-refractivity contribution in [2.45, 2.75) is 52.2 Å². The van der Waals surface area contributed by atoms with E-state index in [1.54, 1.807) is 32.4 Å². The Kier molecular flexibility index (Phi) is 10.4. The summed E-state index contributed by atoms with van der Waals surface area (Å²) < 4.78 is 19.1. The van der Waals surface area contributed by atoms with E-state index < -0.39 is 11.9 Å². The van der Waals surface area contributed by atoms with Crippen LogP contribution in [0.25, 0.3) is 0 Å². The molecule has 0 aliphatic carbocycles. The van der Waals surface area contributed by atoms with Gasteiger partial charge in [-0.25, -0.2) is 4.39 Å². The molecule has 2 atom stereocenters. The molecule has 0 saturated heterocycles. The standard InChI is InChI=1S/C24H32ClFN2O3/c1-4-28(16-21-10-9-20(25)15-27-21)12-6-5-7-19(24(29)30)14-23(31-3)18-8-11-22(26)17(2)13-18/h8-11,13,15,19,23H,4-7,12,14,16H2,1-3H3,(H,29,30)/t19-,23+/m0/s1. The van der Waals surface area contributed by atoms with Crippen LogP contribution in [0.4, 0.5) is 4.39 Å². The molecule has 31 heavy (non-hydrogen) atoms. The topological polar surface area (TPSA) is 62.7 Å². The predicted octanol–water partition coefficient (Wildman–Crippen LogP) is 5.65. The molecule has 0 fully saturated rings. The lowest BCUT2D eigenvalue weighted by atomic mass is 9.92. The third kappa shape index (κ3) is 8.20. The van der Waals surface area contributed by atoms with Crippen LogP contribution in [0.3, 0.4) is 0 Å². The summed E-state index contributed by atoms with van der Waals surface area (Å²) in [5.74, 6) is -1.61. The van der Waals surface area contributed by atoms with Crippen molar-refractivity contribution in [3.05, 3.63) is 64.2 Å². The quantitative estimate of drug-likeness (QED) is 0.399. The zero-order chi connectivity index (χ0) is 22.8. The summed E-state index contributed by atoms with van der Waals surface area (Å²) in [6, 6.07) is 8.56. The van der Waals surface area contributed by atoms with Gasteiger partial charge in [0.1, 0.15) is 5.82 Å². The number of unbranched alkanes of at least 4 members (excludes halogenated alkanes) is 1.